The lowest BCUT2D eigenvalue weighted by Crippen LogP contribution is -2.41. The largest absolute Gasteiger partial charge is 0.356 e. The summed E-state index contributed by atoms with van der Waals surface area (Å²) in [5.74, 6) is 1.50. The van der Waals surface area contributed by atoms with Gasteiger partial charge in [-0.2, -0.15) is 5.10 Å². The molecule has 3 aromatic rings. The number of carbonyl (C=O) groups is 1. The van der Waals surface area contributed by atoms with Gasteiger partial charge >= 0.3 is 0 Å². The molecule has 1 aliphatic rings. The van der Waals surface area contributed by atoms with E-state index in [-0.39, 0.29) is 11.8 Å². The Morgan fingerprint density at radius 2 is 2.11 bits per heavy atom. The highest BCUT2D eigenvalue weighted by molar-refractivity contribution is 9.10. The van der Waals surface area contributed by atoms with Crippen LogP contribution in [0.15, 0.2) is 53.5 Å². The fourth-order valence-electron chi connectivity index (χ4n) is 3.41. The summed E-state index contributed by atoms with van der Waals surface area (Å²) in [6.45, 7) is 3.52. The average molecular weight is 441 g/mol. The van der Waals surface area contributed by atoms with E-state index in [2.05, 4.69) is 41.2 Å². The van der Waals surface area contributed by atoms with Crippen molar-refractivity contribution in [3.8, 4) is 5.82 Å². The first-order valence-corrected chi connectivity index (χ1v) is 10.0. The van der Waals surface area contributed by atoms with Gasteiger partial charge in [-0.15, -0.1) is 0 Å². The zero-order chi connectivity index (χ0) is 19.5. The number of aromatic nitrogens is 4. The number of benzene rings is 1. The Balaban J connectivity index is 1.46. The number of hydrogen-bond acceptors (Lipinski definition) is 5. The molecule has 2 aromatic heterocycles. The minimum Gasteiger partial charge on any atom is -0.356 e. The van der Waals surface area contributed by atoms with E-state index in [4.69, 9.17) is 0 Å². The molecule has 1 aromatic carbocycles. The molecular weight excluding hydrogens is 420 g/mol. The quantitative estimate of drug-likeness (QED) is 0.670. The minimum atomic E-state index is -0.0826. The number of rotatable bonds is 4. The fraction of sp³-hybridized carbons (Fsp3) is 0.300. The number of halogens is 1. The summed E-state index contributed by atoms with van der Waals surface area (Å²) in [5, 5.41) is 7.27. The number of nitrogens with one attached hydrogen (secondary N) is 1. The highest BCUT2D eigenvalue weighted by Crippen LogP contribution is 2.25. The van der Waals surface area contributed by atoms with E-state index in [1.807, 2.05) is 43.5 Å². The molecule has 144 valence electrons. The maximum Gasteiger partial charge on any atom is 0.229 e. The summed E-state index contributed by atoms with van der Waals surface area (Å²) in [4.78, 5) is 23.6. The first kappa shape index (κ1) is 18.6. The number of hydrogen-bond donors (Lipinski definition) is 1. The molecule has 1 fully saturated rings. The third-order valence-electron chi connectivity index (χ3n) is 4.92. The van der Waals surface area contributed by atoms with Crippen molar-refractivity contribution in [1.82, 2.24) is 19.7 Å². The molecule has 0 saturated carbocycles. The number of anilines is 2. The smallest absolute Gasteiger partial charge is 0.229 e. The van der Waals surface area contributed by atoms with E-state index < -0.39 is 0 Å². The normalized spacial score (nSPS) is 16.8. The number of amides is 1. The third-order valence-corrected chi connectivity index (χ3v) is 5.81. The first-order valence-electron chi connectivity index (χ1n) is 9.24. The zero-order valence-corrected chi connectivity index (χ0v) is 17.1. The van der Waals surface area contributed by atoms with Gasteiger partial charge in [0, 0.05) is 41.7 Å². The number of carbonyl (C=O) groups excluding carboxylic acids is 1. The van der Waals surface area contributed by atoms with Crippen LogP contribution in [-0.2, 0) is 4.79 Å². The summed E-state index contributed by atoms with van der Waals surface area (Å²) in [7, 11) is 0. The maximum atomic E-state index is 12.8. The van der Waals surface area contributed by atoms with Crippen LogP contribution in [0.2, 0.25) is 0 Å². The van der Waals surface area contributed by atoms with Gasteiger partial charge in [-0.3, -0.25) is 4.79 Å². The predicted molar refractivity (Wildman–Crippen MR) is 112 cm³/mol. The highest BCUT2D eigenvalue weighted by Gasteiger charge is 2.27. The Hall–Kier alpha value is -2.74. The Labute approximate surface area is 171 Å². The van der Waals surface area contributed by atoms with Crippen molar-refractivity contribution in [2.75, 3.05) is 23.3 Å². The molecule has 7 nitrogen and oxygen atoms in total. The van der Waals surface area contributed by atoms with Gasteiger partial charge in [0.05, 0.1) is 5.92 Å². The number of piperidine rings is 1. The van der Waals surface area contributed by atoms with Crippen LogP contribution < -0.4 is 10.2 Å². The molecule has 1 amide bonds. The van der Waals surface area contributed by atoms with Crippen LogP contribution in [-0.4, -0.2) is 38.7 Å². The standard InChI is InChI=1S/C20H21BrN6O/c1-14-10-16(5-6-17(14)21)25-20(28)15-4-2-8-26(12-15)18-11-19(23-13-22-18)27-9-3-7-24-27/h3,5-7,9-11,13,15H,2,4,8,12H2,1H3,(H,25,28)/t15-/m0/s1. The van der Waals surface area contributed by atoms with E-state index in [1.165, 1.54) is 0 Å². The van der Waals surface area contributed by atoms with Crippen LogP contribution in [0.1, 0.15) is 18.4 Å². The number of nitrogens with zero attached hydrogens (tertiary/aromatic N) is 5. The minimum absolute atomic E-state index is 0.0489. The Kier molecular flexibility index (Phi) is 5.38. The van der Waals surface area contributed by atoms with Gasteiger partial charge in [0.1, 0.15) is 12.1 Å². The van der Waals surface area contributed by atoms with Crippen LogP contribution >= 0.6 is 15.9 Å². The van der Waals surface area contributed by atoms with Crippen LogP contribution in [0.3, 0.4) is 0 Å². The highest BCUT2D eigenvalue weighted by atomic mass is 79.9. The zero-order valence-electron chi connectivity index (χ0n) is 15.5. The van der Waals surface area contributed by atoms with Gasteiger partial charge in [0.2, 0.25) is 5.91 Å². The van der Waals surface area contributed by atoms with Crippen molar-refractivity contribution in [3.63, 3.8) is 0 Å². The van der Waals surface area contributed by atoms with E-state index in [9.17, 15) is 4.79 Å². The second kappa shape index (κ2) is 8.10. The fourth-order valence-corrected chi connectivity index (χ4v) is 3.65. The van der Waals surface area contributed by atoms with Crippen molar-refractivity contribution >= 4 is 33.3 Å². The molecule has 4 rings (SSSR count). The molecule has 0 aliphatic carbocycles. The van der Waals surface area contributed by atoms with Gasteiger partial charge in [-0.1, -0.05) is 15.9 Å². The molecule has 28 heavy (non-hydrogen) atoms. The van der Waals surface area contributed by atoms with Crippen molar-refractivity contribution in [1.29, 1.82) is 0 Å². The second-order valence-corrected chi connectivity index (χ2v) is 7.78. The summed E-state index contributed by atoms with van der Waals surface area (Å²) < 4.78 is 2.74. The maximum absolute atomic E-state index is 12.8. The molecule has 0 radical (unpaired) electrons. The third kappa shape index (κ3) is 4.06. The molecule has 8 heteroatoms. The molecule has 1 aliphatic heterocycles. The summed E-state index contributed by atoms with van der Waals surface area (Å²) in [5.41, 5.74) is 1.92. The van der Waals surface area contributed by atoms with Crippen molar-refractivity contribution in [3.05, 3.63) is 59.1 Å². The second-order valence-electron chi connectivity index (χ2n) is 6.92. The monoisotopic (exact) mass is 440 g/mol. The van der Waals surface area contributed by atoms with E-state index in [0.717, 1.165) is 40.9 Å². The predicted octanol–water partition coefficient (Wildman–Crippen LogP) is 3.59. The van der Waals surface area contributed by atoms with Crippen molar-refractivity contribution < 1.29 is 4.79 Å². The summed E-state index contributed by atoms with van der Waals surface area (Å²) >= 11 is 3.49. The van der Waals surface area contributed by atoms with Gasteiger partial charge in [0.15, 0.2) is 5.82 Å². The molecule has 1 saturated heterocycles. The lowest BCUT2D eigenvalue weighted by atomic mass is 9.97. The first-order chi connectivity index (χ1) is 13.6. The van der Waals surface area contributed by atoms with Crippen LogP contribution in [0.25, 0.3) is 5.82 Å². The Bertz CT molecular complexity index is 975. The van der Waals surface area contributed by atoms with E-state index in [1.54, 1.807) is 17.2 Å². The van der Waals surface area contributed by atoms with Crippen LogP contribution in [0.5, 0.6) is 0 Å². The molecule has 1 atom stereocenters. The molecular formula is C20H21BrN6O. The number of aryl methyl sites for hydroxylation is 1. The summed E-state index contributed by atoms with van der Waals surface area (Å²) in [6, 6.07) is 9.60. The topological polar surface area (TPSA) is 75.9 Å². The molecule has 0 unspecified atom stereocenters. The van der Waals surface area contributed by atoms with Gasteiger partial charge in [0.25, 0.3) is 0 Å². The van der Waals surface area contributed by atoms with Gasteiger partial charge in [-0.05, 0) is 49.6 Å². The van der Waals surface area contributed by atoms with Gasteiger partial charge < -0.3 is 10.2 Å². The lowest BCUT2D eigenvalue weighted by Gasteiger charge is -2.32. The molecule has 0 bridgehead atoms. The Morgan fingerprint density at radius 1 is 1.25 bits per heavy atom. The summed E-state index contributed by atoms with van der Waals surface area (Å²) in [6.07, 6.45) is 6.92. The molecule has 0 spiro atoms. The lowest BCUT2D eigenvalue weighted by molar-refractivity contribution is -0.120. The van der Waals surface area contributed by atoms with Crippen molar-refractivity contribution in [2.45, 2.75) is 19.8 Å². The van der Waals surface area contributed by atoms with Crippen molar-refractivity contribution in [2.24, 2.45) is 5.92 Å². The average Bonchev–Trinajstić information content (AvgIpc) is 3.26. The van der Waals surface area contributed by atoms with Crippen LogP contribution in [0.4, 0.5) is 11.5 Å². The van der Waals surface area contributed by atoms with Gasteiger partial charge in [-0.25, -0.2) is 14.6 Å². The molecule has 1 N–H and O–H groups in total. The molecule has 3 heterocycles. The van der Waals surface area contributed by atoms with Crippen LogP contribution in [0, 0.1) is 12.8 Å². The van der Waals surface area contributed by atoms with E-state index >= 15 is 0 Å². The SMILES string of the molecule is Cc1cc(NC(=O)[C@H]2CCCN(c3cc(-n4cccn4)ncn3)C2)ccc1Br. The Morgan fingerprint density at radius 3 is 2.89 bits per heavy atom. The van der Waals surface area contributed by atoms with E-state index in [0.29, 0.717) is 12.4 Å².